The summed E-state index contributed by atoms with van der Waals surface area (Å²) in [7, 11) is 0. The van der Waals surface area contributed by atoms with Gasteiger partial charge in [-0.3, -0.25) is 9.59 Å². The van der Waals surface area contributed by atoms with E-state index in [4.69, 9.17) is 23.2 Å². The SMILES string of the molecule is O=C1CC(c2ccccc2)CC2=C1C(c1ccc(Cl)cc1Cl)Nc1ccc(C(=O)c3ccccc3)cc1N2. The van der Waals surface area contributed by atoms with Gasteiger partial charge in [0.05, 0.1) is 17.4 Å². The third-order valence-electron chi connectivity index (χ3n) is 7.24. The van der Waals surface area contributed by atoms with Gasteiger partial charge in [-0.1, -0.05) is 89.9 Å². The molecule has 0 fully saturated rings. The van der Waals surface area contributed by atoms with E-state index in [9.17, 15) is 9.59 Å². The number of benzene rings is 4. The van der Waals surface area contributed by atoms with E-state index in [0.717, 1.165) is 28.2 Å². The van der Waals surface area contributed by atoms with Crippen LogP contribution in [0.2, 0.25) is 10.0 Å². The molecule has 6 heteroatoms. The van der Waals surface area contributed by atoms with Crippen LogP contribution in [0.3, 0.4) is 0 Å². The van der Waals surface area contributed by atoms with Crippen molar-refractivity contribution in [1.29, 1.82) is 0 Å². The fourth-order valence-electron chi connectivity index (χ4n) is 5.38. The number of anilines is 2. The Hall–Kier alpha value is -3.86. The van der Waals surface area contributed by atoms with Crippen molar-refractivity contribution < 1.29 is 9.59 Å². The molecule has 0 saturated heterocycles. The topological polar surface area (TPSA) is 58.2 Å². The summed E-state index contributed by atoms with van der Waals surface area (Å²) >= 11 is 12.8. The van der Waals surface area contributed by atoms with Crippen molar-refractivity contribution in [3.63, 3.8) is 0 Å². The minimum Gasteiger partial charge on any atom is -0.372 e. The molecule has 38 heavy (non-hydrogen) atoms. The van der Waals surface area contributed by atoms with Crippen LogP contribution in [0, 0.1) is 0 Å². The summed E-state index contributed by atoms with van der Waals surface area (Å²) in [6.07, 6.45) is 1.06. The molecular formula is C32H24Cl2N2O2. The third kappa shape index (κ3) is 4.62. The van der Waals surface area contributed by atoms with Crippen molar-refractivity contribution >= 4 is 46.1 Å². The zero-order valence-electron chi connectivity index (χ0n) is 20.4. The number of halogens is 2. The highest BCUT2D eigenvalue weighted by atomic mass is 35.5. The van der Waals surface area contributed by atoms with Crippen LogP contribution in [0.25, 0.3) is 0 Å². The molecule has 0 spiro atoms. The van der Waals surface area contributed by atoms with Gasteiger partial charge >= 0.3 is 0 Å². The number of fused-ring (bicyclic) bond motifs is 1. The van der Waals surface area contributed by atoms with Gasteiger partial charge < -0.3 is 10.6 Å². The molecule has 0 bridgehead atoms. The van der Waals surface area contributed by atoms with Crippen LogP contribution in [-0.4, -0.2) is 11.6 Å². The third-order valence-corrected chi connectivity index (χ3v) is 7.81. The number of hydrogen-bond acceptors (Lipinski definition) is 4. The monoisotopic (exact) mass is 538 g/mol. The van der Waals surface area contributed by atoms with E-state index in [1.165, 1.54) is 0 Å². The Balaban J connectivity index is 1.46. The number of carbonyl (C=O) groups is 2. The Kier molecular flexibility index (Phi) is 6.52. The maximum absolute atomic E-state index is 13.8. The van der Waals surface area contributed by atoms with Crippen molar-refractivity contribution in [2.45, 2.75) is 24.8 Å². The lowest BCUT2D eigenvalue weighted by Gasteiger charge is -2.30. The summed E-state index contributed by atoms with van der Waals surface area (Å²) in [5.41, 5.74) is 6.11. The van der Waals surface area contributed by atoms with E-state index in [1.807, 2.05) is 72.8 Å². The molecule has 0 aromatic heterocycles. The molecule has 1 aliphatic heterocycles. The van der Waals surface area contributed by atoms with Crippen molar-refractivity contribution in [3.8, 4) is 0 Å². The first-order chi connectivity index (χ1) is 18.5. The quantitative estimate of drug-likeness (QED) is 0.257. The molecule has 2 unspecified atom stereocenters. The van der Waals surface area contributed by atoms with Crippen molar-refractivity contribution in [2.24, 2.45) is 0 Å². The Morgan fingerprint density at radius 1 is 0.763 bits per heavy atom. The smallest absolute Gasteiger partial charge is 0.193 e. The molecule has 188 valence electrons. The number of allylic oxidation sites excluding steroid dienone is 1. The molecule has 0 amide bonds. The Morgan fingerprint density at radius 3 is 2.24 bits per heavy atom. The summed E-state index contributed by atoms with van der Waals surface area (Å²) in [4.78, 5) is 27.0. The summed E-state index contributed by atoms with van der Waals surface area (Å²) in [6, 6.07) is 29.7. The summed E-state index contributed by atoms with van der Waals surface area (Å²) < 4.78 is 0. The Bertz CT molecular complexity index is 1580. The van der Waals surface area contributed by atoms with Gasteiger partial charge in [0, 0.05) is 38.9 Å². The second-order valence-electron chi connectivity index (χ2n) is 9.65. The molecule has 2 atom stereocenters. The van der Waals surface area contributed by atoms with Gasteiger partial charge in [0.15, 0.2) is 11.6 Å². The lowest BCUT2D eigenvalue weighted by molar-refractivity contribution is -0.116. The van der Waals surface area contributed by atoms with E-state index in [0.29, 0.717) is 39.6 Å². The number of hydrogen-bond donors (Lipinski definition) is 2. The molecule has 6 rings (SSSR count). The van der Waals surface area contributed by atoms with E-state index in [2.05, 4.69) is 22.8 Å². The zero-order valence-corrected chi connectivity index (χ0v) is 21.9. The average molecular weight is 539 g/mol. The van der Waals surface area contributed by atoms with Gasteiger partial charge in [-0.2, -0.15) is 0 Å². The fourth-order valence-corrected chi connectivity index (χ4v) is 5.89. The van der Waals surface area contributed by atoms with Gasteiger partial charge in [-0.15, -0.1) is 0 Å². The van der Waals surface area contributed by atoms with Crippen molar-refractivity contribution in [2.75, 3.05) is 10.6 Å². The maximum Gasteiger partial charge on any atom is 0.193 e. The minimum absolute atomic E-state index is 0.0481. The second kappa shape index (κ2) is 10.1. The summed E-state index contributed by atoms with van der Waals surface area (Å²) in [5, 5.41) is 8.11. The predicted molar refractivity (Wildman–Crippen MR) is 153 cm³/mol. The van der Waals surface area contributed by atoms with Crippen molar-refractivity contribution in [3.05, 3.63) is 141 Å². The first-order valence-electron chi connectivity index (χ1n) is 12.5. The zero-order chi connectivity index (χ0) is 26.2. The predicted octanol–water partition coefficient (Wildman–Crippen LogP) is 8.20. The molecular weight excluding hydrogens is 515 g/mol. The van der Waals surface area contributed by atoms with Gasteiger partial charge in [0.25, 0.3) is 0 Å². The first kappa shape index (κ1) is 24.5. The summed E-state index contributed by atoms with van der Waals surface area (Å²) in [5.74, 6) is 0.0457. The van der Waals surface area contributed by atoms with Crippen LogP contribution in [-0.2, 0) is 4.79 Å². The van der Waals surface area contributed by atoms with Crippen LogP contribution in [0.4, 0.5) is 11.4 Å². The van der Waals surface area contributed by atoms with Crippen LogP contribution < -0.4 is 10.6 Å². The molecule has 2 N–H and O–H groups in total. The fraction of sp³-hybridized carbons (Fsp3) is 0.125. The number of Topliss-reactive ketones (excluding diaryl/α,β-unsaturated/α-hetero) is 1. The molecule has 4 aromatic carbocycles. The van der Waals surface area contributed by atoms with Crippen LogP contribution in [0.1, 0.15) is 51.8 Å². The molecule has 0 radical (unpaired) electrons. The Labute approximate surface area is 231 Å². The Morgan fingerprint density at radius 2 is 1.50 bits per heavy atom. The van der Waals surface area contributed by atoms with Crippen LogP contribution >= 0.6 is 23.2 Å². The normalized spacial score (nSPS) is 18.5. The second-order valence-corrected chi connectivity index (χ2v) is 10.5. The maximum atomic E-state index is 13.8. The van der Waals surface area contributed by atoms with Crippen molar-refractivity contribution in [1.82, 2.24) is 0 Å². The van der Waals surface area contributed by atoms with Gasteiger partial charge in [-0.25, -0.2) is 0 Å². The molecule has 4 nitrogen and oxygen atoms in total. The van der Waals surface area contributed by atoms with E-state index in [1.54, 1.807) is 12.1 Å². The van der Waals surface area contributed by atoms with E-state index < -0.39 is 6.04 Å². The minimum atomic E-state index is -0.469. The lowest BCUT2D eigenvalue weighted by atomic mass is 9.78. The van der Waals surface area contributed by atoms with E-state index in [-0.39, 0.29) is 17.5 Å². The van der Waals surface area contributed by atoms with Crippen LogP contribution in [0.5, 0.6) is 0 Å². The van der Waals surface area contributed by atoms with Gasteiger partial charge in [0.1, 0.15) is 0 Å². The highest BCUT2D eigenvalue weighted by Crippen LogP contribution is 2.46. The molecule has 0 saturated carbocycles. The summed E-state index contributed by atoms with van der Waals surface area (Å²) in [6.45, 7) is 0. The number of ketones is 2. The van der Waals surface area contributed by atoms with Crippen LogP contribution in [0.15, 0.2) is 108 Å². The highest BCUT2D eigenvalue weighted by Gasteiger charge is 2.37. The molecule has 4 aromatic rings. The standard InChI is InChI=1S/C32H24Cl2N2O2/c33-23-12-13-24(25(34)18-23)31-30-28(16-22(17-29(30)37)19-7-3-1-4-8-19)35-27-15-21(11-14-26(27)36-31)32(38)20-9-5-2-6-10-20/h1-15,18,22,31,35-36H,16-17H2. The largest absolute Gasteiger partial charge is 0.372 e. The van der Waals surface area contributed by atoms with Gasteiger partial charge in [-0.05, 0) is 53.8 Å². The van der Waals surface area contributed by atoms with Gasteiger partial charge in [0.2, 0.25) is 0 Å². The van der Waals surface area contributed by atoms with E-state index >= 15 is 0 Å². The molecule has 2 aliphatic rings. The molecule has 1 heterocycles. The number of rotatable bonds is 4. The number of carbonyl (C=O) groups excluding carboxylic acids is 2. The first-order valence-corrected chi connectivity index (χ1v) is 13.3. The highest BCUT2D eigenvalue weighted by molar-refractivity contribution is 6.35. The average Bonchev–Trinajstić information content (AvgIpc) is 3.10. The molecule has 1 aliphatic carbocycles. The lowest BCUT2D eigenvalue weighted by Crippen LogP contribution is -2.27. The number of nitrogens with one attached hydrogen (secondary N) is 2.